The van der Waals surface area contributed by atoms with Crippen LogP contribution in [0.25, 0.3) is 0 Å². The van der Waals surface area contributed by atoms with Gasteiger partial charge in [-0.1, -0.05) is 11.6 Å². The van der Waals surface area contributed by atoms with Gasteiger partial charge >= 0.3 is 0 Å². The van der Waals surface area contributed by atoms with E-state index in [9.17, 15) is 12.8 Å². The third-order valence-electron chi connectivity index (χ3n) is 2.51. The molecule has 0 radical (unpaired) electrons. The molecule has 0 saturated carbocycles. The van der Waals surface area contributed by atoms with Crippen molar-refractivity contribution in [2.24, 2.45) is 0 Å². The maximum absolute atomic E-state index is 13.2. The monoisotopic (exact) mass is 303 g/mol. The van der Waals surface area contributed by atoms with Crippen LogP contribution in [0.1, 0.15) is 5.82 Å². The molecule has 0 bridgehead atoms. The van der Waals surface area contributed by atoms with E-state index in [-0.39, 0.29) is 16.5 Å². The smallest absolute Gasteiger partial charge is 0.244 e. The normalized spacial score (nSPS) is 12.0. The minimum Gasteiger partial charge on any atom is -0.347 e. The third-order valence-corrected chi connectivity index (χ3v) is 4.79. The molecule has 0 spiro atoms. The predicted octanol–water partition coefficient (Wildman–Crippen LogP) is 2.02. The quantitative estimate of drug-likeness (QED) is 0.939. The van der Waals surface area contributed by atoms with Crippen molar-refractivity contribution in [3.8, 4) is 0 Å². The van der Waals surface area contributed by atoms with Crippen LogP contribution in [0.2, 0.25) is 5.02 Å². The topological polar surface area (TPSA) is 66.1 Å². The number of imidazole rings is 1. The Bertz CT molecular complexity index is 673. The number of halogens is 2. The summed E-state index contributed by atoms with van der Waals surface area (Å²) in [5, 5.41) is -0.0207. The van der Waals surface area contributed by atoms with E-state index in [2.05, 4.69) is 9.97 Å². The lowest BCUT2D eigenvalue weighted by molar-refractivity contribution is 0.457. The van der Waals surface area contributed by atoms with Gasteiger partial charge in [0.1, 0.15) is 16.5 Å². The van der Waals surface area contributed by atoms with Gasteiger partial charge in [0.2, 0.25) is 10.0 Å². The molecule has 1 heterocycles. The minimum atomic E-state index is -3.87. The van der Waals surface area contributed by atoms with E-state index in [1.54, 1.807) is 6.20 Å². The molecule has 0 atom stereocenters. The molecule has 0 aliphatic rings. The highest BCUT2D eigenvalue weighted by Crippen LogP contribution is 2.25. The Labute approximate surface area is 115 Å². The molecule has 2 aromatic rings. The fourth-order valence-electron chi connectivity index (χ4n) is 1.52. The van der Waals surface area contributed by atoms with Gasteiger partial charge in [-0.05, 0) is 18.2 Å². The number of nitrogens with zero attached hydrogens (tertiary/aromatic N) is 2. The number of H-pyrrole nitrogens is 1. The highest BCUT2D eigenvalue weighted by Gasteiger charge is 2.24. The van der Waals surface area contributed by atoms with Gasteiger partial charge in [0.25, 0.3) is 0 Å². The van der Waals surface area contributed by atoms with Crippen molar-refractivity contribution in [3.05, 3.63) is 47.3 Å². The zero-order valence-electron chi connectivity index (χ0n) is 9.97. The second kappa shape index (κ2) is 5.28. The molecular formula is C11H11ClFN3O2S. The van der Waals surface area contributed by atoms with Crippen LogP contribution in [-0.4, -0.2) is 29.7 Å². The first kappa shape index (κ1) is 14.0. The molecule has 0 saturated heterocycles. The van der Waals surface area contributed by atoms with Gasteiger partial charge in [0.15, 0.2) is 0 Å². The fourth-order valence-corrected chi connectivity index (χ4v) is 3.14. The Balaban J connectivity index is 2.33. The van der Waals surface area contributed by atoms with E-state index >= 15 is 0 Å². The maximum Gasteiger partial charge on any atom is 0.244 e. The summed E-state index contributed by atoms with van der Waals surface area (Å²) < 4.78 is 38.7. The molecule has 0 unspecified atom stereocenters. The minimum absolute atomic E-state index is 0.0207. The lowest BCUT2D eigenvalue weighted by Crippen LogP contribution is -2.27. The molecule has 0 aliphatic heterocycles. The van der Waals surface area contributed by atoms with Crippen LogP contribution in [0.5, 0.6) is 0 Å². The third kappa shape index (κ3) is 2.94. The van der Waals surface area contributed by atoms with Crippen LogP contribution in [0.3, 0.4) is 0 Å². The zero-order valence-corrected chi connectivity index (χ0v) is 11.5. The molecule has 1 aromatic heterocycles. The molecule has 102 valence electrons. The maximum atomic E-state index is 13.2. The fraction of sp³-hybridized carbons (Fsp3) is 0.182. The van der Waals surface area contributed by atoms with Crippen molar-refractivity contribution in [1.82, 2.24) is 14.3 Å². The molecule has 2 rings (SSSR count). The average Bonchev–Trinajstić information content (AvgIpc) is 2.85. The van der Waals surface area contributed by atoms with Crippen LogP contribution in [0.4, 0.5) is 4.39 Å². The molecule has 0 fully saturated rings. The second-order valence-corrected chi connectivity index (χ2v) is 6.29. The van der Waals surface area contributed by atoms with Crippen molar-refractivity contribution >= 4 is 21.6 Å². The molecule has 0 aliphatic carbocycles. The van der Waals surface area contributed by atoms with Crippen molar-refractivity contribution in [3.63, 3.8) is 0 Å². The standard InChI is InChI=1S/C11H11ClFN3O2S/c1-16(7-11-14-4-5-15-11)19(17,18)10-6-8(13)2-3-9(10)12/h2-6H,7H2,1H3,(H,14,15). The highest BCUT2D eigenvalue weighted by molar-refractivity contribution is 7.89. The first-order valence-electron chi connectivity index (χ1n) is 5.31. The molecule has 8 heteroatoms. The Morgan fingerprint density at radius 3 is 2.84 bits per heavy atom. The van der Waals surface area contributed by atoms with Gasteiger partial charge in [-0.15, -0.1) is 0 Å². The molecule has 5 nitrogen and oxygen atoms in total. The van der Waals surface area contributed by atoms with Crippen LogP contribution in [-0.2, 0) is 16.6 Å². The highest BCUT2D eigenvalue weighted by atomic mass is 35.5. The van der Waals surface area contributed by atoms with Crippen LogP contribution in [0.15, 0.2) is 35.5 Å². The van der Waals surface area contributed by atoms with Crippen LogP contribution in [0, 0.1) is 5.82 Å². The lowest BCUT2D eigenvalue weighted by Gasteiger charge is -2.16. The van der Waals surface area contributed by atoms with Crippen molar-refractivity contribution in [2.45, 2.75) is 11.4 Å². The number of rotatable bonds is 4. The number of aromatic nitrogens is 2. The summed E-state index contributed by atoms with van der Waals surface area (Å²) in [4.78, 5) is 6.47. The molecular weight excluding hydrogens is 293 g/mol. The van der Waals surface area contributed by atoms with Gasteiger partial charge in [-0.25, -0.2) is 17.8 Å². The summed E-state index contributed by atoms with van der Waals surface area (Å²) >= 11 is 5.81. The number of hydrogen-bond donors (Lipinski definition) is 1. The van der Waals surface area contributed by atoms with E-state index in [4.69, 9.17) is 11.6 Å². The molecule has 1 N–H and O–H groups in total. The summed E-state index contributed by atoms with van der Waals surface area (Å²) in [5.74, 6) is -0.173. The Hall–Kier alpha value is -1.44. The van der Waals surface area contributed by atoms with Crippen LogP contribution >= 0.6 is 11.6 Å². The molecule has 1 aromatic carbocycles. The predicted molar refractivity (Wildman–Crippen MR) is 68.7 cm³/mol. The summed E-state index contributed by atoms with van der Waals surface area (Å²) in [5.41, 5.74) is 0. The Morgan fingerprint density at radius 2 is 2.21 bits per heavy atom. The van der Waals surface area contributed by atoms with Gasteiger partial charge in [0, 0.05) is 19.4 Å². The first-order chi connectivity index (χ1) is 8.91. The zero-order chi connectivity index (χ0) is 14.0. The summed E-state index contributed by atoms with van der Waals surface area (Å²) in [7, 11) is -2.49. The van der Waals surface area contributed by atoms with E-state index in [1.165, 1.54) is 19.3 Å². The number of sulfonamides is 1. The van der Waals surface area contributed by atoms with Crippen LogP contribution < -0.4 is 0 Å². The number of hydrogen-bond acceptors (Lipinski definition) is 3. The Kier molecular flexibility index (Phi) is 3.88. The Morgan fingerprint density at radius 1 is 1.47 bits per heavy atom. The van der Waals surface area contributed by atoms with Gasteiger partial charge in [-0.2, -0.15) is 4.31 Å². The number of benzene rings is 1. The summed E-state index contributed by atoms with van der Waals surface area (Å²) in [6.07, 6.45) is 3.11. The molecule has 0 amide bonds. The summed E-state index contributed by atoms with van der Waals surface area (Å²) in [6.45, 7) is 0.0438. The average molecular weight is 304 g/mol. The lowest BCUT2D eigenvalue weighted by atomic mass is 10.3. The number of nitrogens with one attached hydrogen (secondary N) is 1. The van der Waals surface area contributed by atoms with E-state index in [0.717, 1.165) is 16.4 Å². The van der Waals surface area contributed by atoms with E-state index < -0.39 is 15.8 Å². The molecule has 19 heavy (non-hydrogen) atoms. The second-order valence-electron chi connectivity index (χ2n) is 3.87. The first-order valence-corrected chi connectivity index (χ1v) is 7.12. The van der Waals surface area contributed by atoms with Gasteiger partial charge in [-0.3, -0.25) is 0 Å². The number of aromatic amines is 1. The largest absolute Gasteiger partial charge is 0.347 e. The van der Waals surface area contributed by atoms with Crippen molar-refractivity contribution in [2.75, 3.05) is 7.05 Å². The van der Waals surface area contributed by atoms with Gasteiger partial charge in [0.05, 0.1) is 11.6 Å². The van der Waals surface area contributed by atoms with Crippen molar-refractivity contribution < 1.29 is 12.8 Å². The van der Waals surface area contributed by atoms with E-state index in [0.29, 0.717) is 5.82 Å². The van der Waals surface area contributed by atoms with Gasteiger partial charge < -0.3 is 4.98 Å². The SMILES string of the molecule is CN(Cc1ncc[nH]1)S(=O)(=O)c1cc(F)ccc1Cl. The van der Waals surface area contributed by atoms with Crippen molar-refractivity contribution in [1.29, 1.82) is 0 Å². The van der Waals surface area contributed by atoms with E-state index in [1.807, 2.05) is 0 Å². The summed E-state index contributed by atoms with van der Waals surface area (Å²) in [6, 6.07) is 3.22.